The molecule has 0 aliphatic heterocycles. The van der Waals surface area contributed by atoms with E-state index in [4.69, 9.17) is 10.4 Å². The van der Waals surface area contributed by atoms with Crippen LogP contribution in [0.15, 0.2) is 30.3 Å². The minimum atomic E-state index is -1.35. The average molecular weight is 194 g/mol. The van der Waals surface area contributed by atoms with Crippen LogP contribution in [0.2, 0.25) is 0 Å². The SMILES string of the molecule is O=C([O-])/C=C/c1ccccc1N(O)O. The highest BCUT2D eigenvalue weighted by molar-refractivity contribution is 5.85. The maximum Gasteiger partial charge on any atom is 0.101 e. The summed E-state index contributed by atoms with van der Waals surface area (Å²) < 4.78 is 0. The molecule has 0 heterocycles. The molecule has 0 bridgehead atoms. The number of carbonyl (C=O) groups excluding carboxylic acids is 1. The van der Waals surface area contributed by atoms with Gasteiger partial charge in [-0.05, 0) is 12.1 Å². The maximum atomic E-state index is 10.1. The molecule has 0 saturated heterocycles. The van der Waals surface area contributed by atoms with E-state index in [2.05, 4.69) is 0 Å². The summed E-state index contributed by atoms with van der Waals surface area (Å²) >= 11 is 0. The second kappa shape index (κ2) is 4.40. The summed E-state index contributed by atoms with van der Waals surface area (Å²) in [7, 11) is 0. The number of carboxylic acids is 1. The van der Waals surface area contributed by atoms with Crippen LogP contribution in [0.1, 0.15) is 5.56 Å². The number of hydrogen-bond acceptors (Lipinski definition) is 5. The highest BCUT2D eigenvalue weighted by atomic mass is 16.8. The van der Waals surface area contributed by atoms with Gasteiger partial charge < -0.3 is 9.90 Å². The van der Waals surface area contributed by atoms with Gasteiger partial charge in [0.05, 0.1) is 5.97 Å². The summed E-state index contributed by atoms with van der Waals surface area (Å²) in [6.07, 6.45) is 2.02. The molecule has 0 unspecified atom stereocenters. The molecule has 0 aliphatic carbocycles. The smallest absolute Gasteiger partial charge is 0.101 e. The quantitative estimate of drug-likeness (QED) is 0.524. The van der Waals surface area contributed by atoms with Crippen LogP contribution in [-0.2, 0) is 4.79 Å². The summed E-state index contributed by atoms with van der Waals surface area (Å²) in [6, 6.07) is 6.19. The van der Waals surface area contributed by atoms with Gasteiger partial charge in [-0.1, -0.05) is 24.3 Å². The first-order chi connectivity index (χ1) is 6.61. The largest absolute Gasteiger partial charge is 0.545 e. The molecule has 0 saturated carbocycles. The maximum absolute atomic E-state index is 10.1. The van der Waals surface area contributed by atoms with E-state index in [1.165, 1.54) is 18.2 Å². The summed E-state index contributed by atoms with van der Waals surface area (Å²) in [6.45, 7) is 0. The van der Waals surface area contributed by atoms with Crippen molar-refractivity contribution in [3.05, 3.63) is 35.9 Å². The topological polar surface area (TPSA) is 83.8 Å². The van der Waals surface area contributed by atoms with Crippen LogP contribution >= 0.6 is 0 Å². The fraction of sp³-hybridized carbons (Fsp3) is 0. The van der Waals surface area contributed by atoms with Crippen LogP contribution in [0.25, 0.3) is 6.08 Å². The number of para-hydroxylation sites is 1. The summed E-state index contributed by atoms with van der Waals surface area (Å²) in [4.78, 5) is 10.1. The van der Waals surface area contributed by atoms with E-state index >= 15 is 0 Å². The first kappa shape index (κ1) is 10.2. The van der Waals surface area contributed by atoms with Crippen molar-refractivity contribution >= 4 is 17.7 Å². The number of nitrogens with zero attached hydrogens (tertiary/aromatic N) is 1. The molecule has 74 valence electrons. The van der Waals surface area contributed by atoms with Crippen molar-refractivity contribution in [1.29, 1.82) is 0 Å². The van der Waals surface area contributed by atoms with Crippen molar-refractivity contribution in [2.45, 2.75) is 0 Å². The van der Waals surface area contributed by atoms with Crippen LogP contribution in [0, 0.1) is 0 Å². The van der Waals surface area contributed by atoms with Crippen molar-refractivity contribution in [2.24, 2.45) is 0 Å². The van der Waals surface area contributed by atoms with Crippen LogP contribution in [0.4, 0.5) is 5.69 Å². The molecular weight excluding hydrogens is 186 g/mol. The van der Waals surface area contributed by atoms with E-state index < -0.39 is 5.97 Å². The van der Waals surface area contributed by atoms with Gasteiger partial charge in [0.1, 0.15) is 5.69 Å². The molecule has 0 atom stereocenters. The van der Waals surface area contributed by atoms with Gasteiger partial charge in [-0.15, -0.1) is 5.23 Å². The molecule has 2 N–H and O–H groups in total. The number of carbonyl (C=O) groups is 1. The Bertz CT molecular complexity index is 360. The van der Waals surface area contributed by atoms with Gasteiger partial charge in [-0.3, -0.25) is 10.4 Å². The average Bonchev–Trinajstić information content (AvgIpc) is 2.15. The molecule has 0 radical (unpaired) electrons. The van der Waals surface area contributed by atoms with Gasteiger partial charge in [0.2, 0.25) is 0 Å². The Morgan fingerprint density at radius 2 is 2.00 bits per heavy atom. The van der Waals surface area contributed by atoms with Crippen molar-refractivity contribution in [3.8, 4) is 0 Å². The fourth-order valence-electron chi connectivity index (χ4n) is 0.968. The number of rotatable bonds is 3. The van der Waals surface area contributed by atoms with E-state index in [1.807, 2.05) is 0 Å². The Hall–Kier alpha value is -1.85. The molecule has 0 amide bonds. The molecule has 1 aromatic rings. The lowest BCUT2D eigenvalue weighted by molar-refractivity contribution is -0.297. The Kier molecular flexibility index (Phi) is 3.22. The minimum Gasteiger partial charge on any atom is -0.545 e. The first-order valence-electron chi connectivity index (χ1n) is 3.77. The van der Waals surface area contributed by atoms with Crippen molar-refractivity contribution in [1.82, 2.24) is 0 Å². The predicted octanol–water partition coefficient (Wildman–Crippen LogP) is 0.0345. The Morgan fingerprint density at radius 1 is 1.36 bits per heavy atom. The van der Waals surface area contributed by atoms with Crippen LogP contribution in [0.3, 0.4) is 0 Å². The van der Waals surface area contributed by atoms with Gasteiger partial charge in [-0.25, -0.2) is 0 Å². The van der Waals surface area contributed by atoms with E-state index in [0.29, 0.717) is 5.56 Å². The van der Waals surface area contributed by atoms with E-state index in [-0.39, 0.29) is 10.9 Å². The summed E-state index contributed by atoms with van der Waals surface area (Å²) in [5.41, 5.74) is 0.451. The number of anilines is 1. The molecule has 1 rings (SSSR count). The highest BCUT2D eigenvalue weighted by Crippen LogP contribution is 2.18. The third-order valence-corrected chi connectivity index (χ3v) is 1.55. The molecule has 0 fully saturated rings. The third kappa shape index (κ3) is 2.58. The zero-order valence-corrected chi connectivity index (χ0v) is 7.12. The van der Waals surface area contributed by atoms with E-state index in [0.717, 1.165) is 6.08 Å². The molecule has 1 aromatic carbocycles. The monoisotopic (exact) mass is 194 g/mol. The van der Waals surface area contributed by atoms with Crippen molar-refractivity contribution < 1.29 is 20.3 Å². The Balaban J connectivity index is 3.01. The molecule has 14 heavy (non-hydrogen) atoms. The molecule has 5 heteroatoms. The molecule has 0 aromatic heterocycles. The normalized spacial score (nSPS) is 10.4. The highest BCUT2D eigenvalue weighted by Gasteiger charge is 2.02. The van der Waals surface area contributed by atoms with Gasteiger partial charge in [0, 0.05) is 5.56 Å². The second-order valence-electron chi connectivity index (χ2n) is 2.50. The van der Waals surface area contributed by atoms with Crippen LogP contribution < -0.4 is 10.3 Å². The van der Waals surface area contributed by atoms with Crippen LogP contribution in [-0.4, -0.2) is 16.4 Å². The van der Waals surface area contributed by atoms with E-state index in [1.54, 1.807) is 12.1 Å². The Morgan fingerprint density at radius 3 is 2.57 bits per heavy atom. The lowest BCUT2D eigenvalue weighted by Crippen LogP contribution is -2.18. The molecule has 0 aliphatic rings. The second-order valence-corrected chi connectivity index (χ2v) is 2.50. The summed E-state index contributed by atoms with van der Waals surface area (Å²) in [5, 5.41) is 27.6. The van der Waals surface area contributed by atoms with E-state index in [9.17, 15) is 9.90 Å². The lowest BCUT2D eigenvalue weighted by Gasteiger charge is -2.10. The minimum absolute atomic E-state index is 0.0745. The zero-order valence-electron chi connectivity index (χ0n) is 7.12. The lowest BCUT2D eigenvalue weighted by atomic mass is 10.1. The first-order valence-corrected chi connectivity index (χ1v) is 3.77. The molecule has 5 nitrogen and oxygen atoms in total. The third-order valence-electron chi connectivity index (χ3n) is 1.55. The number of hydrogen-bond donors (Lipinski definition) is 2. The zero-order chi connectivity index (χ0) is 10.6. The van der Waals surface area contributed by atoms with Crippen molar-refractivity contribution in [2.75, 3.05) is 5.23 Å². The van der Waals surface area contributed by atoms with Crippen LogP contribution in [0.5, 0.6) is 0 Å². The van der Waals surface area contributed by atoms with Gasteiger partial charge >= 0.3 is 0 Å². The number of benzene rings is 1. The molecule has 0 spiro atoms. The predicted molar refractivity (Wildman–Crippen MR) is 46.5 cm³/mol. The fourth-order valence-corrected chi connectivity index (χ4v) is 0.968. The number of carboxylic acid groups (broad SMARTS) is 1. The number of aliphatic carboxylic acids is 1. The Labute approximate surface area is 80.0 Å². The van der Waals surface area contributed by atoms with Crippen molar-refractivity contribution in [3.63, 3.8) is 0 Å². The standard InChI is InChI=1S/C9H9NO4/c11-9(12)6-5-7-3-1-2-4-8(7)10(13)14/h1-6,13-14H,(H,11,12)/p-1/b6-5+. The van der Waals surface area contributed by atoms with Gasteiger partial charge in [0.15, 0.2) is 0 Å². The van der Waals surface area contributed by atoms with Gasteiger partial charge in [-0.2, -0.15) is 0 Å². The molecular formula is C9H8NO4-. The summed E-state index contributed by atoms with van der Waals surface area (Å²) in [5.74, 6) is -1.35. The van der Waals surface area contributed by atoms with Gasteiger partial charge in [0.25, 0.3) is 0 Å².